The molecular weight excluding hydrogens is 615 g/mol. The van der Waals surface area contributed by atoms with Gasteiger partial charge in [-0.3, -0.25) is 4.98 Å². The minimum absolute atomic E-state index is 0.539. The van der Waals surface area contributed by atoms with Gasteiger partial charge in [0.2, 0.25) is 0 Å². The Bertz CT molecular complexity index is 2840. The number of hydrogen-bond acceptors (Lipinski definition) is 5. The van der Waals surface area contributed by atoms with Gasteiger partial charge in [0.1, 0.15) is 5.58 Å². The molecule has 0 aliphatic carbocycles. The Balaban J connectivity index is 1.13. The summed E-state index contributed by atoms with van der Waals surface area (Å²) in [5.74, 6) is 1.71. The molecule has 10 aromatic rings. The van der Waals surface area contributed by atoms with Crippen LogP contribution in [0.25, 0.3) is 94.7 Å². The third-order valence-corrected chi connectivity index (χ3v) is 9.33. The largest absolute Gasteiger partial charge is 0.454 e. The van der Waals surface area contributed by atoms with E-state index in [9.17, 15) is 0 Å². The molecule has 0 fully saturated rings. The van der Waals surface area contributed by atoms with Gasteiger partial charge in [0.25, 0.3) is 0 Å². The van der Waals surface area contributed by atoms with Crippen LogP contribution >= 0.6 is 0 Å². The topological polar surface area (TPSA) is 69.6 Å². The van der Waals surface area contributed by atoms with E-state index in [2.05, 4.69) is 113 Å². The molecule has 50 heavy (non-hydrogen) atoms. The van der Waals surface area contributed by atoms with Crippen molar-refractivity contribution in [3.63, 3.8) is 0 Å². The highest BCUT2D eigenvalue weighted by molar-refractivity contribution is 6.11. The van der Waals surface area contributed by atoms with E-state index in [0.29, 0.717) is 23.1 Å². The molecule has 0 N–H and O–H groups in total. The molecule has 0 aliphatic heterocycles. The first kappa shape index (κ1) is 28.1. The lowest BCUT2D eigenvalue weighted by molar-refractivity contribution is 0.667. The first-order valence-corrected chi connectivity index (χ1v) is 16.5. The monoisotopic (exact) mass is 641 g/mol. The van der Waals surface area contributed by atoms with Crippen molar-refractivity contribution in [1.29, 1.82) is 0 Å². The predicted octanol–water partition coefficient (Wildman–Crippen LogP) is 10.9. The minimum atomic E-state index is 0.539. The number of aromatic nitrogens is 5. The van der Waals surface area contributed by atoms with E-state index in [4.69, 9.17) is 19.4 Å². The second-order valence-corrected chi connectivity index (χ2v) is 12.3. The van der Waals surface area contributed by atoms with Crippen LogP contribution in [0.1, 0.15) is 0 Å². The van der Waals surface area contributed by atoms with Crippen LogP contribution in [-0.2, 0) is 0 Å². The highest BCUT2D eigenvalue weighted by Crippen LogP contribution is 2.37. The number of hydrogen-bond donors (Lipinski definition) is 0. The standard InChI is InChI=1S/C44H27N5O/c1-2-12-28(13-3-1)42-46-43(48-44(47-42)36-26-45-27-40-41(36)35-20-6-9-23-39(35)50-40)31-16-10-14-29(24-31)30-15-11-17-32(25-30)49-37-21-7-4-18-33(37)34-19-5-8-22-38(34)49/h1-27H. The van der Waals surface area contributed by atoms with Crippen molar-refractivity contribution in [3.8, 4) is 51.0 Å². The first-order valence-electron chi connectivity index (χ1n) is 16.5. The number of rotatable bonds is 5. The Kier molecular flexibility index (Phi) is 6.39. The van der Waals surface area contributed by atoms with Crippen LogP contribution in [0.2, 0.25) is 0 Å². The van der Waals surface area contributed by atoms with Crippen molar-refractivity contribution in [2.45, 2.75) is 0 Å². The molecule has 4 heterocycles. The summed E-state index contributed by atoms with van der Waals surface area (Å²) in [5, 5.41) is 4.41. The van der Waals surface area contributed by atoms with Crippen LogP contribution in [0.5, 0.6) is 0 Å². The maximum Gasteiger partial charge on any atom is 0.166 e. The van der Waals surface area contributed by atoms with Gasteiger partial charge in [-0.05, 0) is 47.5 Å². The van der Waals surface area contributed by atoms with Crippen molar-refractivity contribution in [3.05, 3.63) is 164 Å². The van der Waals surface area contributed by atoms with E-state index in [1.54, 1.807) is 6.20 Å². The fourth-order valence-electron chi connectivity index (χ4n) is 7.05. The second-order valence-electron chi connectivity index (χ2n) is 12.3. The van der Waals surface area contributed by atoms with Gasteiger partial charge in [0.05, 0.1) is 17.2 Å². The Morgan fingerprint density at radius 1 is 0.420 bits per heavy atom. The van der Waals surface area contributed by atoms with Crippen molar-refractivity contribution < 1.29 is 4.42 Å². The summed E-state index contributed by atoms with van der Waals surface area (Å²) in [6.07, 6.45) is 3.56. The van der Waals surface area contributed by atoms with Gasteiger partial charge in [-0.15, -0.1) is 0 Å². The number of para-hydroxylation sites is 3. The van der Waals surface area contributed by atoms with E-state index >= 15 is 0 Å². The van der Waals surface area contributed by atoms with Crippen LogP contribution in [0.15, 0.2) is 168 Å². The highest BCUT2D eigenvalue weighted by Gasteiger charge is 2.19. The molecule has 6 aromatic carbocycles. The van der Waals surface area contributed by atoms with Gasteiger partial charge in [-0.1, -0.05) is 115 Å². The summed E-state index contributed by atoms with van der Waals surface area (Å²) in [4.78, 5) is 19.6. The van der Waals surface area contributed by atoms with Crippen molar-refractivity contribution in [2.75, 3.05) is 0 Å². The molecule has 6 nitrogen and oxygen atoms in total. The van der Waals surface area contributed by atoms with Crippen LogP contribution in [-0.4, -0.2) is 24.5 Å². The molecule has 0 amide bonds. The molecular formula is C44H27N5O. The molecule has 234 valence electrons. The molecule has 0 unspecified atom stereocenters. The third-order valence-electron chi connectivity index (χ3n) is 9.33. The number of furan rings is 1. The summed E-state index contributed by atoms with van der Waals surface area (Å²) in [6.45, 7) is 0. The minimum Gasteiger partial charge on any atom is -0.454 e. The van der Waals surface area contributed by atoms with E-state index in [1.807, 2.05) is 54.7 Å². The molecule has 0 bridgehead atoms. The summed E-state index contributed by atoms with van der Waals surface area (Å²) in [6, 6.07) is 52.3. The summed E-state index contributed by atoms with van der Waals surface area (Å²) < 4.78 is 8.50. The smallest absolute Gasteiger partial charge is 0.166 e. The van der Waals surface area contributed by atoms with Gasteiger partial charge in [0.15, 0.2) is 23.1 Å². The summed E-state index contributed by atoms with van der Waals surface area (Å²) >= 11 is 0. The lowest BCUT2D eigenvalue weighted by Gasteiger charge is -2.12. The summed E-state index contributed by atoms with van der Waals surface area (Å²) in [5.41, 5.74) is 9.71. The van der Waals surface area contributed by atoms with Gasteiger partial charge >= 0.3 is 0 Å². The van der Waals surface area contributed by atoms with Crippen LogP contribution in [0.3, 0.4) is 0 Å². The molecule has 0 aliphatic rings. The Hall–Kier alpha value is -6.92. The van der Waals surface area contributed by atoms with Crippen LogP contribution in [0, 0.1) is 0 Å². The molecule has 0 saturated carbocycles. The fourth-order valence-corrected chi connectivity index (χ4v) is 7.05. The fraction of sp³-hybridized carbons (Fsp3) is 0. The normalized spacial score (nSPS) is 11.6. The van der Waals surface area contributed by atoms with E-state index in [-0.39, 0.29) is 0 Å². The van der Waals surface area contributed by atoms with Crippen LogP contribution in [0.4, 0.5) is 0 Å². The van der Waals surface area contributed by atoms with E-state index in [1.165, 1.54) is 21.8 Å². The van der Waals surface area contributed by atoms with Crippen molar-refractivity contribution in [1.82, 2.24) is 24.5 Å². The number of nitrogens with zero attached hydrogens (tertiary/aromatic N) is 5. The van der Waals surface area contributed by atoms with Gasteiger partial charge in [0, 0.05) is 50.1 Å². The number of benzene rings is 6. The maximum atomic E-state index is 6.16. The first-order chi connectivity index (χ1) is 24.8. The zero-order valence-electron chi connectivity index (χ0n) is 26.7. The second kappa shape index (κ2) is 11.4. The Morgan fingerprint density at radius 3 is 1.78 bits per heavy atom. The highest BCUT2D eigenvalue weighted by atomic mass is 16.3. The third kappa shape index (κ3) is 4.58. The molecule has 0 spiro atoms. The number of fused-ring (bicyclic) bond motifs is 6. The zero-order chi connectivity index (χ0) is 33.0. The molecule has 4 aromatic heterocycles. The van der Waals surface area contributed by atoms with Crippen LogP contribution < -0.4 is 0 Å². The van der Waals surface area contributed by atoms with Gasteiger partial charge < -0.3 is 8.98 Å². The summed E-state index contributed by atoms with van der Waals surface area (Å²) in [7, 11) is 0. The molecule has 0 radical (unpaired) electrons. The van der Waals surface area contributed by atoms with Gasteiger partial charge in [-0.2, -0.15) is 0 Å². The maximum absolute atomic E-state index is 6.16. The van der Waals surface area contributed by atoms with Crippen molar-refractivity contribution in [2.24, 2.45) is 0 Å². The zero-order valence-corrected chi connectivity index (χ0v) is 26.7. The van der Waals surface area contributed by atoms with E-state index < -0.39 is 0 Å². The lowest BCUT2D eigenvalue weighted by atomic mass is 10.0. The van der Waals surface area contributed by atoms with E-state index in [0.717, 1.165) is 49.9 Å². The lowest BCUT2D eigenvalue weighted by Crippen LogP contribution is -2.01. The quantitative estimate of drug-likeness (QED) is 0.187. The van der Waals surface area contributed by atoms with Gasteiger partial charge in [-0.25, -0.2) is 15.0 Å². The SMILES string of the molecule is c1ccc(-c2nc(-c3cccc(-c4cccc(-n5c6ccccc6c6ccccc65)c4)c3)nc(-c3cncc4oc5ccccc5c34)n2)cc1. The Labute approximate surface area is 287 Å². The molecule has 10 rings (SSSR count). The predicted molar refractivity (Wildman–Crippen MR) is 201 cm³/mol. The number of pyridine rings is 1. The average Bonchev–Trinajstić information content (AvgIpc) is 3.74. The molecule has 0 atom stereocenters. The molecule has 6 heteroatoms. The van der Waals surface area contributed by atoms with Crippen molar-refractivity contribution >= 4 is 43.7 Å². The Morgan fingerprint density at radius 2 is 1.00 bits per heavy atom. The molecule has 0 saturated heterocycles. The average molecular weight is 642 g/mol.